The van der Waals surface area contributed by atoms with Crippen LogP contribution in [0.15, 0.2) is 24.0 Å². The molecule has 1 aromatic rings. The van der Waals surface area contributed by atoms with Gasteiger partial charge in [-0.05, 0) is 50.9 Å². The second kappa shape index (κ2) is 7.73. The van der Waals surface area contributed by atoms with Gasteiger partial charge in [-0.1, -0.05) is 11.6 Å². The first-order valence-electron chi connectivity index (χ1n) is 9.97. The predicted molar refractivity (Wildman–Crippen MR) is 97.9 cm³/mol. The molecule has 0 saturated carbocycles. The average molecular weight is 342 g/mol. The Balaban J connectivity index is 1.35. The Morgan fingerprint density at radius 1 is 1.24 bits per heavy atom. The molecule has 0 aromatic carbocycles. The van der Waals surface area contributed by atoms with E-state index in [0.29, 0.717) is 17.9 Å². The number of likely N-dealkylation sites (tertiary alicyclic amines) is 2. The fourth-order valence-electron chi connectivity index (χ4n) is 4.85. The van der Waals surface area contributed by atoms with E-state index in [1.807, 2.05) is 12.4 Å². The number of carbonyl (C=O) groups is 1. The van der Waals surface area contributed by atoms with E-state index in [1.165, 1.54) is 25.7 Å². The predicted octanol–water partition coefficient (Wildman–Crippen LogP) is 3.11. The van der Waals surface area contributed by atoms with Crippen LogP contribution in [-0.2, 0) is 11.3 Å². The van der Waals surface area contributed by atoms with Crippen LogP contribution in [0, 0.1) is 5.92 Å². The zero-order chi connectivity index (χ0) is 17.1. The highest BCUT2D eigenvalue weighted by atomic mass is 16.2. The summed E-state index contributed by atoms with van der Waals surface area (Å²) >= 11 is 0. The summed E-state index contributed by atoms with van der Waals surface area (Å²) in [5.41, 5.74) is 1.58. The fraction of sp³-hybridized carbons (Fsp3) is 0.700. The van der Waals surface area contributed by atoms with E-state index in [0.717, 1.165) is 57.7 Å². The van der Waals surface area contributed by atoms with Crippen LogP contribution >= 0.6 is 0 Å². The van der Waals surface area contributed by atoms with E-state index in [2.05, 4.69) is 25.8 Å². The Hall–Kier alpha value is -1.62. The number of aromatic nitrogens is 2. The third-order valence-corrected chi connectivity index (χ3v) is 6.21. The fourth-order valence-corrected chi connectivity index (χ4v) is 4.85. The monoisotopic (exact) mass is 342 g/mol. The first-order valence-corrected chi connectivity index (χ1v) is 9.97. The van der Waals surface area contributed by atoms with Crippen molar-refractivity contribution in [2.75, 3.05) is 19.6 Å². The number of amides is 1. The van der Waals surface area contributed by atoms with Gasteiger partial charge in [-0.2, -0.15) is 0 Å². The number of rotatable bonds is 5. The summed E-state index contributed by atoms with van der Waals surface area (Å²) in [5.74, 6) is 2.06. The van der Waals surface area contributed by atoms with Gasteiger partial charge >= 0.3 is 0 Å². The first kappa shape index (κ1) is 16.8. The van der Waals surface area contributed by atoms with Gasteiger partial charge in [-0.25, -0.2) is 4.98 Å². The van der Waals surface area contributed by atoms with Crippen molar-refractivity contribution >= 4 is 5.91 Å². The van der Waals surface area contributed by atoms with Crippen LogP contribution in [-0.4, -0.2) is 51.4 Å². The van der Waals surface area contributed by atoms with Gasteiger partial charge in [0.25, 0.3) is 0 Å². The van der Waals surface area contributed by atoms with Gasteiger partial charge in [-0.15, -0.1) is 0 Å². The van der Waals surface area contributed by atoms with Crippen LogP contribution in [0.4, 0.5) is 0 Å². The molecule has 25 heavy (non-hydrogen) atoms. The summed E-state index contributed by atoms with van der Waals surface area (Å²) in [4.78, 5) is 24.8. The van der Waals surface area contributed by atoms with Crippen LogP contribution in [0.25, 0.3) is 0 Å². The number of allylic oxidation sites excluding steroid dienone is 1. The maximum absolute atomic E-state index is 12.5. The Kier molecular flexibility index (Phi) is 5.20. The summed E-state index contributed by atoms with van der Waals surface area (Å²) in [5, 5.41) is 0. The van der Waals surface area contributed by atoms with Crippen molar-refractivity contribution in [2.45, 2.75) is 64.0 Å². The molecule has 3 aliphatic rings. The first-order chi connectivity index (χ1) is 12.3. The van der Waals surface area contributed by atoms with E-state index in [1.54, 1.807) is 5.57 Å². The highest BCUT2D eigenvalue weighted by molar-refractivity contribution is 5.77. The van der Waals surface area contributed by atoms with Crippen LogP contribution in [0.1, 0.15) is 57.2 Å². The molecule has 0 radical (unpaired) electrons. The van der Waals surface area contributed by atoms with Crippen molar-refractivity contribution in [3.63, 3.8) is 0 Å². The number of piperidine rings is 2. The lowest BCUT2D eigenvalue weighted by Crippen LogP contribution is -2.56. The molecule has 1 N–H and O–H groups in total. The van der Waals surface area contributed by atoms with Gasteiger partial charge in [0.05, 0.1) is 6.54 Å². The Morgan fingerprint density at radius 3 is 3.00 bits per heavy atom. The summed E-state index contributed by atoms with van der Waals surface area (Å²) in [7, 11) is 0. The van der Waals surface area contributed by atoms with Gasteiger partial charge in [-0.3, -0.25) is 9.69 Å². The summed E-state index contributed by atoms with van der Waals surface area (Å²) in [6, 6.07) is 0.457. The van der Waals surface area contributed by atoms with Crippen LogP contribution in [0.2, 0.25) is 0 Å². The minimum Gasteiger partial charge on any atom is -0.348 e. The van der Waals surface area contributed by atoms with E-state index in [9.17, 15) is 4.79 Å². The lowest BCUT2D eigenvalue weighted by molar-refractivity contribution is -0.141. The molecule has 0 spiro atoms. The van der Waals surface area contributed by atoms with Crippen molar-refractivity contribution in [3.05, 3.63) is 29.9 Å². The Morgan fingerprint density at radius 2 is 2.20 bits per heavy atom. The molecule has 1 amide bonds. The summed E-state index contributed by atoms with van der Waals surface area (Å²) in [6.45, 7) is 3.99. The van der Waals surface area contributed by atoms with E-state index >= 15 is 0 Å². The van der Waals surface area contributed by atoms with Gasteiger partial charge in [0.2, 0.25) is 5.91 Å². The second-order valence-corrected chi connectivity index (χ2v) is 7.87. The number of nitrogens with one attached hydrogen (secondary N) is 1. The summed E-state index contributed by atoms with van der Waals surface area (Å²) in [6.07, 6.45) is 15.3. The number of nitrogens with zero attached hydrogens (tertiary/aromatic N) is 3. The highest BCUT2D eigenvalue weighted by Gasteiger charge is 2.39. The van der Waals surface area contributed by atoms with E-state index in [4.69, 9.17) is 0 Å². The number of aromatic amines is 1. The topological polar surface area (TPSA) is 52.2 Å². The number of imidazole rings is 1. The van der Waals surface area contributed by atoms with E-state index < -0.39 is 0 Å². The molecule has 5 heteroatoms. The number of fused-ring (bicyclic) bond motifs is 1. The van der Waals surface area contributed by atoms with Crippen molar-refractivity contribution in [3.8, 4) is 0 Å². The van der Waals surface area contributed by atoms with Crippen molar-refractivity contribution in [2.24, 2.45) is 5.92 Å². The molecule has 2 fully saturated rings. The van der Waals surface area contributed by atoms with Crippen LogP contribution in [0.5, 0.6) is 0 Å². The molecule has 1 aromatic heterocycles. The Bertz CT molecular complexity index is 609. The van der Waals surface area contributed by atoms with Crippen molar-refractivity contribution in [1.29, 1.82) is 0 Å². The molecule has 3 heterocycles. The smallest absolute Gasteiger partial charge is 0.222 e. The van der Waals surface area contributed by atoms with Crippen molar-refractivity contribution in [1.82, 2.24) is 19.8 Å². The molecule has 0 bridgehead atoms. The molecule has 2 aliphatic heterocycles. The Labute approximate surface area is 150 Å². The molecule has 2 saturated heterocycles. The highest BCUT2D eigenvalue weighted by Crippen LogP contribution is 2.32. The molecule has 1 aliphatic carbocycles. The van der Waals surface area contributed by atoms with Gasteiger partial charge in [0.15, 0.2) is 0 Å². The molecule has 5 nitrogen and oxygen atoms in total. The number of hydrogen-bond donors (Lipinski definition) is 1. The third kappa shape index (κ3) is 3.97. The molecular weight excluding hydrogens is 312 g/mol. The van der Waals surface area contributed by atoms with Crippen molar-refractivity contribution < 1.29 is 4.79 Å². The molecule has 136 valence electrons. The molecule has 4 rings (SSSR count). The maximum Gasteiger partial charge on any atom is 0.222 e. The number of H-pyrrole nitrogens is 1. The van der Waals surface area contributed by atoms with Gasteiger partial charge in [0.1, 0.15) is 5.82 Å². The van der Waals surface area contributed by atoms with Crippen LogP contribution < -0.4 is 0 Å². The minimum absolute atomic E-state index is 0.386. The van der Waals surface area contributed by atoms with Gasteiger partial charge < -0.3 is 9.88 Å². The molecule has 2 atom stereocenters. The number of hydrogen-bond acceptors (Lipinski definition) is 3. The normalized spacial score (nSPS) is 27.9. The SMILES string of the molecule is O=C1CC[C@H]2CN(Cc3ncc[nH]3)CC[C@H]2N1CCC1=CCCCC1. The zero-order valence-electron chi connectivity index (χ0n) is 15.1. The second-order valence-electron chi connectivity index (χ2n) is 7.87. The van der Waals surface area contributed by atoms with E-state index in [-0.39, 0.29) is 0 Å². The quantitative estimate of drug-likeness (QED) is 0.837. The maximum atomic E-state index is 12.5. The van der Waals surface area contributed by atoms with Crippen LogP contribution in [0.3, 0.4) is 0 Å². The standard InChI is InChI=1S/C20H30N4O/c25-20-7-6-17-14-23(15-19-21-10-11-22-19)12-9-18(17)24(20)13-8-16-4-2-1-3-5-16/h4,10-11,17-18H,1-3,5-9,12-15H2,(H,21,22)/t17-,18+/m0/s1. The summed E-state index contributed by atoms with van der Waals surface area (Å²) < 4.78 is 0. The average Bonchev–Trinajstić information content (AvgIpc) is 3.15. The molecule has 0 unspecified atom stereocenters. The lowest BCUT2D eigenvalue weighted by atomic mass is 9.83. The minimum atomic E-state index is 0.386. The number of carbonyl (C=O) groups excluding carboxylic acids is 1. The lowest BCUT2D eigenvalue weighted by Gasteiger charge is -2.47. The third-order valence-electron chi connectivity index (χ3n) is 6.21. The zero-order valence-corrected chi connectivity index (χ0v) is 15.1. The molecular formula is C20H30N4O. The largest absolute Gasteiger partial charge is 0.348 e. The van der Waals surface area contributed by atoms with Gasteiger partial charge in [0, 0.05) is 44.5 Å².